The maximum Gasteiger partial charge on any atom is 0.257 e. The Morgan fingerprint density at radius 3 is 2.95 bits per heavy atom. The van der Waals surface area contributed by atoms with Gasteiger partial charge < -0.3 is 5.32 Å². The molecule has 0 aliphatic heterocycles. The number of rotatable bonds is 4. The molecule has 0 aliphatic rings. The topological polar surface area (TPSA) is 59.3 Å². The van der Waals surface area contributed by atoms with Gasteiger partial charge in [-0.05, 0) is 25.5 Å². The van der Waals surface area contributed by atoms with Crippen molar-refractivity contribution in [1.82, 2.24) is 19.9 Å². The number of carbonyl (C=O) groups is 1. The fourth-order valence-corrected chi connectivity index (χ4v) is 1.79. The van der Waals surface area contributed by atoms with Gasteiger partial charge >= 0.3 is 0 Å². The van der Waals surface area contributed by atoms with Crippen LogP contribution in [0.3, 0.4) is 0 Å². The molecule has 5 heteroatoms. The molecule has 1 N–H and O–H groups in total. The molecule has 1 amide bonds. The Hall–Kier alpha value is -2.43. The summed E-state index contributed by atoms with van der Waals surface area (Å²) in [4.78, 5) is 16.4. The molecule has 0 aliphatic carbocycles. The molecule has 2 rings (SSSR count). The summed E-state index contributed by atoms with van der Waals surface area (Å²) < 4.78 is 1.66. The van der Waals surface area contributed by atoms with Crippen molar-refractivity contribution in [2.75, 3.05) is 6.54 Å². The highest BCUT2D eigenvalue weighted by atomic mass is 16.1. The molecule has 0 fully saturated rings. The highest BCUT2D eigenvalue weighted by Crippen LogP contribution is 2.11. The zero-order valence-corrected chi connectivity index (χ0v) is 11.1. The van der Waals surface area contributed by atoms with E-state index in [0.717, 1.165) is 17.0 Å². The van der Waals surface area contributed by atoms with E-state index in [0.29, 0.717) is 17.8 Å². The molecule has 98 valence electrons. The predicted molar refractivity (Wildman–Crippen MR) is 74.1 cm³/mol. The minimum atomic E-state index is -0.212. The van der Waals surface area contributed by atoms with E-state index in [4.69, 9.17) is 0 Å². The maximum absolute atomic E-state index is 12.1. The number of hydrogen-bond acceptors (Lipinski definition) is 3. The first-order chi connectivity index (χ1) is 9.02. The summed E-state index contributed by atoms with van der Waals surface area (Å²) in [5.74, 6) is -0.212. The Kier molecular flexibility index (Phi) is 3.46. The molecular formula is C14H16N4O. The lowest BCUT2D eigenvalue weighted by Gasteiger charge is -2.04. The van der Waals surface area contributed by atoms with E-state index in [1.807, 2.05) is 19.9 Å². The number of hydrogen-bond donors (Lipinski definition) is 1. The minimum absolute atomic E-state index is 0.212. The molecule has 5 nitrogen and oxygen atoms in total. The third-order valence-electron chi connectivity index (χ3n) is 2.79. The van der Waals surface area contributed by atoms with Crippen LogP contribution >= 0.6 is 0 Å². The van der Waals surface area contributed by atoms with Crippen LogP contribution in [0, 0.1) is 13.8 Å². The van der Waals surface area contributed by atoms with Crippen molar-refractivity contribution in [1.29, 1.82) is 0 Å². The van der Waals surface area contributed by atoms with Crippen LogP contribution in [0.15, 0.2) is 37.1 Å². The number of aromatic nitrogens is 3. The zero-order valence-electron chi connectivity index (χ0n) is 11.1. The van der Waals surface area contributed by atoms with E-state index in [1.165, 1.54) is 6.20 Å². The first kappa shape index (κ1) is 13.0. The summed E-state index contributed by atoms with van der Waals surface area (Å²) in [7, 11) is 0. The monoisotopic (exact) mass is 256 g/mol. The van der Waals surface area contributed by atoms with E-state index >= 15 is 0 Å². The second-order valence-corrected chi connectivity index (χ2v) is 4.38. The number of carbonyl (C=O) groups excluding carboxylic acids is 1. The number of nitrogens with one attached hydrogen (secondary N) is 1. The predicted octanol–water partition coefficient (Wildman–Crippen LogP) is 1.82. The SMILES string of the molecule is C=CC(=C)CNC(=O)c1cnn2c(C)cc(C)nc12. The van der Waals surface area contributed by atoms with Crippen LogP contribution in [0.2, 0.25) is 0 Å². The molecule has 2 aromatic heterocycles. The molecule has 0 radical (unpaired) electrons. The smallest absolute Gasteiger partial charge is 0.257 e. The molecule has 19 heavy (non-hydrogen) atoms. The number of nitrogens with zero attached hydrogens (tertiary/aromatic N) is 3. The highest BCUT2D eigenvalue weighted by Gasteiger charge is 2.14. The number of amides is 1. The van der Waals surface area contributed by atoms with Gasteiger partial charge in [0, 0.05) is 17.9 Å². The first-order valence-corrected chi connectivity index (χ1v) is 5.93. The Morgan fingerprint density at radius 2 is 2.26 bits per heavy atom. The van der Waals surface area contributed by atoms with Crippen LogP contribution in [0.25, 0.3) is 5.65 Å². The van der Waals surface area contributed by atoms with Gasteiger partial charge in [0.2, 0.25) is 0 Å². The fraction of sp³-hybridized carbons (Fsp3) is 0.214. The van der Waals surface area contributed by atoms with E-state index in [1.54, 1.807) is 10.6 Å². The molecule has 2 heterocycles. The average Bonchev–Trinajstić information content (AvgIpc) is 2.79. The lowest BCUT2D eigenvalue weighted by molar-refractivity contribution is 0.0959. The molecule has 0 atom stereocenters. The number of fused-ring (bicyclic) bond motifs is 1. The van der Waals surface area contributed by atoms with Gasteiger partial charge in [-0.1, -0.05) is 19.2 Å². The van der Waals surface area contributed by atoms with Gasteiger partial charge in [0.25, 0.3) is 5.91 Å². The molecule has 2 aromatic rings. The normalized spacial score (nSPS) is 10.4. The summed E-state index contributed by atoms with van der Waals surface area (Å²) in [6.07, 6.45) is 3.14. The van der Waals surface area contributed by atoms with E-state index in [-0.39, 0.29) is 5.91 Å². The van der Waals surface area contributed by atoms with Crippen molar-refractivity contribution in [3.05, 3.63) is 54.0 Å². The largest absolute Gasteiger partial charge is 0.348 e. The molecule has 0 unspecified atom stereocenters. The minimum Gasteiger partial charge on any atom is -0.348 e. The molecule has 0 aromatic carbocycles. The lowest BCUT2D eigenvalue weighted by atomic mass is 10.2. The first-order valence-electron chi connectivity index (χ1n) is 5.93. The maximum atomic E-state index is 12.1. The second-order valence-electron chi connectivity index (χ2n) is 4.38. The lowest BCUT2D eigenvalue weighted by Crippen LogP contribution is -2.25. The van der Waals surface area contributed by atoms with Gasteiger partial charge in [0.1, 0.15) is 5.56 Å². The van der Waals surface area contributed by atoms with Crippen molar-refractivity contribution >= 4 is 11.6 Å². The summed E-state index contributed by atoms with van der Waals surface area (Å²) >= 11 is 0. The number of aryl methyl sites for hydroxylation is 2. The van der Waals surface area contributed by atoms with Gasteiger partial charge in [-0.2, -0.15) is 5.10 Å². The third kappa shape index (κ3) is 2.54. The second kappa shape index (κ2) is 5.06. The van der Waals surface area contributed by atoms with Crippen molar-refractivity contribution in [2.45, 2.75) is 13.8 Å². The van der Waals surface area contributed by atoms with Gasteiger partial charge in [0.15, 0.2) is 5.65 Å². The Bertz CT molecular complexity index is 669. The third-order valence-corrected chi connectivity index (χ3v) is 2.79. The molecule has 0 saturated carbocycles. The van der Waals surface area contributed by atoms with Crippen LogP contribution < -0.4 is 5.32 Å². The molecular weight excluding hydrogens is 240 g/mol. The molecule has 0 spiro atoms. The van der Waals surface area contributed by atoms with Crippen LogP contribution in [0.1, 0.15) is 21.7 Å². The van der Waals surface area contributed by atoms with Gasteiger partial charge in [-0.25, -0.2) is 9.50 Å². The highest BCUT2D eigenvalue weighted by molar-refractivity contribution is 5.99. The van der Waals surface area contributed by atoms with Gasteiger partial charge in [0.05, 0.1) is 6.20 Å². The Balaban J connectivity index is 2.32. The van der Waals surface area contributed by atoms with Crippen LogP contribution in [-0.4, -0.2) is 27.0 Å². The van der Waals surface area contributed by atoms with Crippen LogP contribution in [0.5, 0.6) is 0 Å². The van der Waals surface area contributed by atoms with Crippen molar-refractivity contribution in [2.24, 2.45) is 0 Å². The van der Waals surface area contributed by atoms with Gasteiger partial charge in [-0.3, -0.25) is 4.79 Å². The van der Waals surface area contributed by atoms with Crippen molar-refractivity contribution in [3.8, 4) is 0 Å². The summed E-state index contributed by atoms with van der Waals surface area (Å²) in [6, 6.07) is 1.92. The fourth-order valence-electron chi connectivity index (χ4n) is 1.79. The van der Waals surface area contributed by atoms with E-state index in [9.17, 15) is 4.79 Å². The average molecular weight is 256 g/mol. The summed E-state index contributed by atoms with van der Waals surface area (Å²) in [6.45, 7) is 11.5. The standard InChI is InChI=1S/C14H16N4O/c1-5-9(2)7-15-14(19)12-8-16-18-11(4)6-10(3)17-13(12)18/h5-6,8H,1-2,7H2,3-4H3,(H,15,19). The summed E-state index contributed by atoms with van der Waals surface area (Å²) in [5.41, 5.74) is 3.58. The van der Waals surface area contributed by atoms with Crippen LogP contribution in [-0.2, 0) is 0 Å². The van der Waals surface area contributed by atoms with Crippen molar-refractivity contribution in [3.63, 3.8) is 0 Å². The quantitative estimate of drug-likeness (QED) is 0.849. The van der Waals surface area contributed by atoms with Crippen LogP contribution in [0.4, 0.5) is 0 Å². The van der Waals surface area contributed by atoms with Gasteiger partial charge in [-0.15, -0.1) is 0 Å². The van der Waals surface area contributed by atoms with E-state index in [2.05, 4.69) is 28.6 Å². The Labute approximate surface area is 111 Å². The molecule has 0 bridgehead atoms. The zero-order chi connectivity index (χ0) is 14.0. The molecule has 0 saturated heterocycles. The summed E-state index contributed by atoms with van der Waals surface area (Å²) in [5, 5.41) is 6.94. The van der Waals surface area contributed by atoms with E-state index < -0.39 is 0 Å². The Morgan fingerprint density at radius 1 is 1.53 bits per heavy atom. The van der Waals surface area contributed by atoms with Crippen molar-refractivity contribution < 1.29 is 4.79 Å².